The molecule has 24 heavy (non-hydrogen) atoms. The van der Waals surface area contributed by atoms with E-state index < -0.39 is 11.9 Å². The van der Waals surface area contributed by atoms with Gasteiger partial charge < -0.3 is 10.2 Å². The SMILES string of the molecule is Cl.O=C(C1CCNCC1)N1CCCC(c2nc(C(F)(F)F)cs2)C1. The van der Waals surface area contributed by atoms with Gasteiger partial charge in [-0.25, -0.2) is 4.98 Å². The molecular weight excluding hydrogens is 363 g/mol. The molecule has 1 aromatic heterocycles. The van der Waals surface area contributed by atoms with E-state index in [-0.39, 0.29) is 30.2 Å². The first-order chi connectivity index (χ1) is 10.9. The maximum Gasteiger partial charge on any atom is 0.434 e. The van der Waals surface area contributed by atoms with Crippen molar-refractivity contribution in [3.05, 3.63) is 16.1 Å². The number of likely N-dealkylation sites (tertiary alicyclic amines) is 1. The predicted molar refractivity (Wildman–Crippen MR) is 88.5 cm³/mol. The van der Waals surface area contributed by atoms with Gasteiger partial charge in [-0.15, -0.1) is 23.7 Å². The Morgan fingerprint density at radius 3 is 2.62 bits per heavy atom. The number of aromatic nitrogens is 1. The van der Waals surface area contributed by atoms with E-state index >= 15 is 0 Å². The van der Waals surface area contributed by atoms with Gasteiger partial charge in [0.05, 0.1) is 5.01 Å². The molecule has 3 rings (SSSR count). The molecule has 4 nitrogen and oxygen atoms in total. The lowest BCUT2D eigenvalue weighted by Gasteiger charge is -2.35. The first-order valence-corrected chi connectivity index (χ1v) is 8.85. The van der Waals surface area contributed by atoms with Crippen LogP contribution in [0.25, 0.3) is 0 Å². The monoisotopic (exact) mass is 383 g/mol. The van der Waals surface area contributed by atoms with Crippen LogP contribution in [-0.2, 0) is 11.0 Å². The van der Waals surface area contributed by atoms with Crippen molar-refractivity contribution in [3.63, 3.8) is 0 Å². The van der Waals surface area contributed by atoms with Gasteiger partial charge in [0.1, 0.15) is 0 Å². The Labute approximate surface area is 149 Å². The van der Waals surface area contributed by atoms with E-state index in [4.69, 9.17) is 0 Å². The summed E-state index contributed by atoms with van der Waals surface area (Å²) in [5, 5.41) is 4.81. The van der Waals surface area contributed by atoms with Gasteiger partial charge in [-0.3, -0.25) is 4.79 Å². The van der Waals surface area contributed by atoms with E-state index in [0.717, 1.165) is 55.5 Å². The van der Waals surface area contributed by atoms with E-state index in [1.807, 2.05) is 4.90 Å². The largest absolute Gasteiger partial charge is 0.434 e. The molecule has 0 saturated carbocycles. The molecule has 9 heteroatoms. The highest BCUT2D eigenvalue weighted by atomic mass is 35.5. The van der Waals surface area contributed by atoms with Crippen molar-refractivity contribution in [2.45, 2.75) is 37.8 Å². The van der Waals surface area contributed by atoms with Crippen molar-refractivity contribution in [1.29, 1.82) is 0 Å². The predicted octanol–water partition coefficient (Wildman–Crippen LogP) is 3.29. The second kappa shape index (κ2) is 8.01. The number of halogens is 4. The lowest BCUT2D eigenvalue weighted by Crippen LogP contribution is -2.45. The van der Waals surface area contributed by atoms with E-state index in [0.29, 0.717) is 18.1 Å². The van der Waals surface area contributed by atoms with Gasteiger partial charge in [0.25, 0.3) is 0 Å². The standard InChI is InChI=1S/C15H20F3N3OS.ClH/c16-15(17,18)12-9-23-13(20-12)11-2-1-7-21(8-11)14(22)10-3-5-19-6-4-10;/h9-11,19H,1-8H2;1H. The Bertz CT molecular complexity index is 560. The molecule has 3 heterocycles. The Kier molecular flexibility index (Phi) is 6.50. The number of rotatable bonds is 2. The number of hydrogen-bond acceptors (Lipinski definition) is 4. The quantitative estimate of drug-likeness (QED) is 0.852. The number of amides is 1. The minimum atomic E-state index is -4.39. The molecule has 0 bridgehead atoms. The first-order valence-electron chi connectivity index (χ1n) is 7.97. The molecule has 2 aliphatic heterocycles. The van der Waals surface area contributed by atoms with E-state index in [9.17, 15) is 18.0 Å². The number of carbonyl (C=O) groups excluding carboxylic acids is 1. The summed E-state index contributed by atoms with van der Waals surface area (Å²) < 4.78 is 38.1. The molecule has 2 aliphatic rings. The van der Waals surface area contributed by atoms with Crippen LogP contribution in [0.5, 0.6) is 0 Å². The van der Waals surface area contributed by atoms with Crippen LogP contribution in [0.4, 0.5) is 13.2 Å². The van der Waals surface area contributed by atoms with Gasteiger partial charge >= 0.3 is 6.18 Å². The number of nitrogens with zero attached hydrogens (tertiary/aromatic N) is 2. The Balaban J connectivity index is 0.00000208. The summed E-state index contributed by atoms with van der Waals surface area (Å²) in [6.45, 7) is 2.91. The van der Waals surface area contributed by atoms with Crippen LogP contribution in [-0.4, -0.2) is 42.0 Å². The average Bonchev–Trinajstić information content (AvgIpc) is 3.05. The fraction of sp³-hybridized carbons (Fsp3) is 0.733. The van der Waals surface area contributed by atoms with E-state index in [1.165, 1.54) is 0 Å². The molecular formula is C15H21ClF3N3OS. The highest BCUT2D eigenvalue weighted by molar-refractivity contribution is 7.09. The highest BCUT2D eigenvalue weighted by Gasteiger charge is 2.36. The third-order valence-electron chi connectivity index (χ3n) is 4.58. The van der Waals surface area contributed by atoms with Crippen molar-refractivity contribution in [3.8, 4) is 0 Å². The van der Waals surface area contributed by atoms with Gasteiger partial charge in [-0.05, 0) is 38.8 Å². The Hall–Kier alpha value is -0.860. The fourth-order valence-electron chi connectivity index (χ4n) is 3.31. The zero-order chi connectivity index (χ0) is 16.4. The lowest BCUT2D eigenvalue weighted by molar-refractivity contribution is -0.141. The molecule has 0 aliphatic carbocycles. The first kappa shape index (κ1) is 19.5. The van der Waals surface area contributed by atoms with Gasteiger partial charge in [0, 0.05) is 30.3 Å². The third-order valence-corrected chi connectivity index (χ3v) is 5.59. The third kappa shape index (κ3) is 4.40. The molecule has 2 fully saturated rings. The summed E-state index contributed by atoms with van der Waals surface area (Å²) in [6, 6.07) is 0. The summed E-state index contributed by atoms with van der Waals surface area (Å²) in [4.78, 5) is 18.2. The zero-order valence-corrected chi connectivity index (χ0v) is 14.8. The second-order valence-electron chi connectivity index (χ2n) is 6.22. The minimum absolute atomic E-state index is 0. The van der Waals surface area contributed by atoms with Crippen LogP contribution in [0.2, 0.25) is 0 Å². The molecule has 0 radical (unpaired) electrons. The van der Waals surface area contributed by atoms with Crippen molar-refractivity contribution in [1.82, 2.24) is 15.2 Å². The van der Waals surface area contributed by atoms with Crippen LogP contribution >= 0.6 is 23.7 Å². The summed E-state index contributed by atoms with van der Waals surface area (Å²) in [5.41, 5.74) is -0.820. The van der Waals surface area contributed by atoms with Crippen LogP contribution < -0.4 is 5.32 Å². The number of alkyl halides is 3. The van der Waals surface area contributed by atoms with Gasteiger partial charge in [0.15, 0.2) is 5.69 Å². The smallest absolute Gasteiger partial charge is 0.342 e. The number of thiazole rings is 1. The van der Waals surface area contributed by atoms with Crippen LogP contribution in [0.1, 0.15) is 42.3 Å². The Morgan fingerprint density at radius 2 is 2.00 bits per heavy atom. The van der Waals surface area contributed by atoms with Gasteiger partial charge in [-0.2, -0.15) is 13.2 Å². The fourth-order valence-corrected chi connectivity index (χ4v) is 4.27. The number of nitrogens with one attached hydrogen (secondary N) is 1. The summed E-state index contributed by atoms with van der Waals surface area (Å²) >= 11 is 1.05. The maximum absolute atomic E-state index is 12.7. The molecule has 1 N–H and O–H groups in total. The van der Waals surface area contributed by atoms with Crippen molar-refractivity contribution in [2.24, 2.45) is 5.92 Å². The van der Waals surface area contributed by atoms with Crippen molar-refractivity contribution in [2.75, 3.05) is 26.2 Å². The summed E-state index contributed by atoms with van der Waals surface area (Å²) in [5.74, 6) is 0.136. The Morgan fingerprint density at radius 1 is 1.29 bits per heavy atom. The molecule has 0 aromatic carbocycles. The topological polar surface area (TPSA) is 45.2 Å². The molecule has 1 atom stereocenters. The molecule has 1 unspecified atom stereocenters. The lowest BCUT2D eigenvalue weighted by atomic mass is 9.93. The summed E-state index contributed by atoms with van der Waals surface area (Å²) in [7, 11) is 0. The van der Waals surface area contributed by atoms with Crippen LogP contribution in [0.15, 0.2) is 5.38 Å². The van der Waals surface area contributed by atoms with Crippen molar-refractivity contribution < 1.29 is 18.0 Å². The minimum Gasteiger partial charge on any atom is -0.342 e. The molecule has 0 spiro atoms. The molecule has 1 amide bonds. The molecule has 136 valence electrons. The van der Waals surface area contributed by atoms with Crippen LogP contribution in [0, 0.1) is 5.92 Å². The van der Waals surface area contributed by atoms with Crippen molar-refractivity contribution >= 4 is 29.7 Å². The molecule has 1 aromatic rings. The van der Waals surface area contributed by atoms with Gasteiger partial charge in [-0.1, -0.05) is 0 Å². The van der Waals surface area contributed by atoms with E-state index in [2.05, 4.69) is 10.3 Å². The van der Waals surface area contributed by atoms with Crippen LogP contribution in [0.3, 0.4) is 0 Å². The molecule has 2 saturated heterocycles. The van der Waals surface area contributed by atoms with E-state index in [1.54, 1.807) is 0 Å². The number of piperidine rings is 2. The highest BCUT2D eigenvalue weighted by Crippen LogP contribution is 2.35. The normalized spacial score (nSPS) is 23.0. The average molecular weight is 384 g/mol. The summed E-state index contributed by atoms with van der Waals surface area (Å²) in [6.07, 6.45) is -1.10. The second-order valence-corrected chi connectivity index (χ2v) is 7.11. The number of hydrogen-bond donors (Lipinski definition) is 1. The maximum atomic E-state index is 12.7. The number of carbonyl (C=O) groups is 1. The zero-order valence-electron chi connectivity index (χ0n) is 13.1. The van der Waals surface area contributed by atoms with Gasteiger partial charge in [0.2, 0.25) is 5.91 Å².